The van der Waals surface area contributed by atoms with Crippen molar-refractivity contribution in [1.82, 2.24) is 5.32 Å². The second-order valence-corrected chi connectivity index (χ2v) is 7.36. The first-order valence-corrected chi connectivity index (χ1v) is 8.50. The lowest BCUT2D eigenvalue weighted by molar-refractivity contribution is 0.0922. The molecule has 118 valence electrons. The number of hydrogen-bond donors (Lipinski definition) is 1. The molecular weight excluding hydrogens is 282 g/mol. The molecule has 0 aliphatic carbocycles. The molecule has 3 nitrogen and oxygen atoms in total. The van der Waals surface area contributed by atoms with Crippen molar-refractivity contribution in [2.45, 2.75) is 44.3 Å². The molecule has 1 N–H and O–H groups in total. The molecule has 0 spiro atoms. The van der Waals surface area contributed by atoms with Gasteiger partial charge in [-0.2, -0.15) is 0 Å². The highest BCUT2D eigenvalue weighted by molar-refractivity contribution is 8.00. The molecule has 0 saturated carbocycles. The quantitative estimate of drug-likeness (QED) is 0.554. The summed E-state index contributed by atoms with van der Waals surface area (Å²) in [6.45, 7) is 10.6. The lowest BCUT2D eigenvalue weighted by Crippen LogP contribution is -2.26. The van der Waals surface area contributed by atoms with Crippen molar-refractivity contribution in [3.05, 3.63) is 29.8 Å². The van der Waals surface area contributed by atoms with Crippen LogP contribution in [0.3, 0.4) is 0 Å². The number of ether oxygens (including phenoxy) is 1. The highest BCUT2D eigenvalue weighted by Crippen LogP contribution is 2.26. The van der Waals surface area contributed by atoms with Crippen LogP contribution in [0.15, 0.2) is 29.2 Å². The molecule has 1 amide bonds. The van der Waals surface area contributed by atoms with Gasteiger partial charge in [-0.25, -0.2) is 0 Å². The van der Waals surface area contributed by atoms with Crippen molar-refractivity contribution >= 4 is 17.7 Å². The van der Waals surface area contributed by atoms with Crippen LogP contribution in [0.5, 0.6) is 0 Å². The fourth-order valence-electron chi connectivity index (χ4n) is 1.80. The maximum atomic E-state index is 12.2. The van der Waals surface area contributed by atoms with Crippen LogP contribution in [0.25, 0.3) is 0 Å². The molecule has 0 aliphatic rings. The van der Waals surface area contributed by atoms with Gasteiger partial charge in [0.25, 0.3) is 5.91 Å². The first-order chi connectivity index (χ1) is 10.0. The van der Waals surface area contributed by atoms with Gasteiger partial charge in [0.2, 0.25) is 0 Å². The van der Waals surface area contributed by atoms with E-state index in [9.17, 15) is 4.79 Å². The molecule has 0 aliphatic heterocycles. The van der Waals surface area contributed by atoms with Crippen molar-refractivity contribution in [3.63, 3.8) is 0 Å². The van der Waals surface area contributed by atoms with Gasteiger partial charge in [0.15, 0.2) is 0 Å². The van der Waals surface area contributed by atoms with Crippen molar-refractivity contribution in [1.29, 1.82) is 0 Å². The number of nitrogens with one attached hydrogen (secondary N) is 1. The van der Waals surface area contributed by atoms with E-state index in [1.807, 2.05) is 24.3 Å². The highest BCUT2D eigenvalue weighted by atomic mass is 32.2. The van der Waals surface area contributed by atoms with Crippen molar-refractivity contribution < 1.29 is 9.53 Å². The summed E-state index contributed by atoms with van der Waals surface area (Å²) >= 11 is 1.72. The molecule has 0 aromatic heterocycles. The minimum absolute atomic E-state index is 0.00242. The molecular formula is C17H27NO2S. The van der Waals surface area contributed by atoms with E-state index in [2.05, 4.69) is 33.0 Å². The van der Waals surface area contributed by atoms with Crippen molar-refractivity contribution in [2.75, 3.05) is 19.8 Å². The summed E-state index contributed by atoms with van der Waals surface area (Å²) in [6, 6.07) is 7.77. The van der Waals surface area contributed by atoms with Gasteiger partial charge in [-0.3, -0.25) is 4.79 Å². The Hall–Kier alpha value is -1.00. The Bertz CT molecular complexity index is 433. The van der Waals surface area contributed by atoms with Gasteiger partial charge >= 0.3 is 0 Å². The third kappa shape index (κ3) is 7.53. The van der Waals surface area contributed by atoms with Gasteiger partial charge in [-0.1, -0.05) is 39.8 Å². The normalized spacial score (nSPS) is 11.1. The van der Waals surface area contributed by atoms with E-state index >= 15 is 0 Å². The highest BCUT2D eigenvalue weighted by Gasteiger charge is 2.11. The van der Waals surface area contributed by atoms with E-state index in [4.69, 9.17) is 4.74 Å². The fourth-order valence-corrected chi connectivity index (χ4v) is 2.75. The second-order valence-electron chi connectivity index (χ2n) is 5.74. The molecule has 4 heteroatoms. The SMILES string of the molecule is CC(C)COCCCNC(=O)c1ccccc1SC(C)C. The lowest BCUT2D eigenvalue weighted by atomic mass is 10.2. The van der Waals surface area contributed by atoms with Crippen molar-refractivity contribution in [3.8, 4) is 0 Å². The summed E-state index contributed by atoms with van der Waals surface area (Å²) in [5, 5.41) is 3.43. The van der Waals surface area contributed by atoms with Crippen LogP contribution in [-0.4, -0.2) is 30.9 Å². The zero-order chi connectivity index (χ0) is 15.7. The minimum atomic E-state index is 0.00242. The van der Waals surface area contributed by atoms with E-state index in [1.54, 1.807) is 11.8 Å². The Morgan fingerprint density at radius 1 is 1.24 bits per heavy atom. The summed E-state index contributed by atoms with van der Waals surface area (Å²) in [7, 11) is 0. The number of rotatable bonds is 9. The Labute approximate surface area is 132 Å². The first-order valence-electron chi connectivity index (χ1n) is 7.62. The van der Waals surface area contributed by atoms with Gasteiger partial charge in [-0.15, -0.1) is 11.8 Å². The second kappa shape index (κ2) is 9.85. The molecule has 0 saturated heterocycles. The largest absolute Gasteiger partial charge is 0.381 e. The number of carbonyl (C=O) groups is 1. The molecule has 0 atom stereocenters. The summed E-state index contributed by atoms with van der Waals surface area (Å²) in [6.07, 6.45) is 0.845. The van der Waals surface area contributed by atoms with Gasteiger partial charge in [0, 0.05) is 29.9 Å². The van der Waals surface area contributed by atoms with E-state index < -0.39 is 0 Å². The summed E-state index contributed by atoms with van der Waals surface area (Å²) in [5.74, 6) is 0.558. The molecule has 1 aromatic rings. The molecule has 1 aromatic carbocycles. The van der Waals surface area contributed by atoms with E-state index in [-0.39, 0.29) is 5.91 Å². The summed E-state index contributed by atoms with van der Waals surface area (Å²) < 4.78 is 5.50. The predicted molar refractivity (Wildman–Crippen MR) is 90.0 cm³/mol. The Kier molecular flexibility index (Phi) is 8.47. The van der Waals surface area contributed by atoms with Gasteiger partial charge in [-0.05, 0) is 24.5 Å². The zero-order valence-electron chi connectivity index (χ0n) is 13.5. The maximum absolute atomic E-state index is 12.2. The van der Waals surface area contributed by atoms with Crippen LogP contribution in [0.4, 0.5) is 0 Å². The Morgan fingerprint density at radius 3 is 2.62 bits per heavy atom. The van der Waals surface area contributed by atoms with E-state index in [1.165, 1.54) is 0 Å². The zero-order valence-corrected chi connectivity index (χ0v) is 14.3. The fraction of sp³-hybridized carbons (Fsp3) is 0.588. The third-order valence-electron chi connectivity index (χ3n) is 2.70. The van der Waals surface area contributed by atoms with Crippen LogP contribution in [-0.2, 0) is 4.74 Å². The molecule has 21 heavy (non-hydrogen) atoms. The van der Waals surface area contributed by atoms with Crippen LogP contribution in [0.1, 0.15) is 44.5 Å². The maximum Gasteiger partial charge on any atom is 0.252 e. The van der Waals surface area contributed by atoms with Crippen LogP contribution in [0, 0.1) is 5.92 Å². The number of hydrogen-bond acceptors (Lipinski definition) is 3. The molecule has 0 heterocycles. The minimum Gasteiger partial charge on any atom is -0.381 e. The topological polar surface area (TPSA) is 38.3 Å². The van der Waals surface area contributed by atoms with E-state index in [0.717, 1.165) is 23.5 Å². The Balaban J connectivity index is 2.38. The monoisotopic (exact) mass is 309 g/mol. The van der Waals surface area contributed by atoms with Gasteiger partial charge in [0.1, 0.15) is 0 Å². The average molecular weight is 309 g/mol. The lowest BCUT2D eigenvalue weighted by Gasteiger charge is -2.12. The molecule has 0 fully saturated rings. The molecule has 0 bridgehead atoms. The number of carbonyl (C=O) groups excluding carboxylic acids is 1. The standard InChI is InChI=1S/C17H27NO2S/c1-13(2)12-20-11-7-10-18-17(19)15-8-5-6-9-16(15)21-14(3)4/h5-6,8-9,13-14H,7,10-12H2,1-4H3,(H,18,19). The third-order valence-corrected chi connectivity index (χ3v) is 3.78. The smallest absolute Gasteiger partial charge is 0.252 e. The number of benzene rings is 1. The van der Waals surface area contributed by atoms with Crippen LogP contribution in [0.2, 0.25) is 0 Å². The first kappa shape index (κ1) is 18.1. The number of amides is 1. The predicted octanol–water partition coefficient (Wildman–Crippen LogP) is 3.98. The summed E-state index contributed by atoms with van der Waals surface area (Å²) in [4.78, 5) is 13.3. The Morgan fingerprint density at radius 2 is 1.95 bits per heavy atom. The average Bonchev–Trinajstić information content (AvgIpc) is 2.42. The van der Waals surface area contributed by atoms with Gasteiger partial charge < -0.3 is 10.1 Å². The molecule has 1 rings (SSSR count). The van der Waals surface area contributed by atoms with Gasteiger partial charge in [0.05, 0.1) is 5.56 Å². The van der Waals surface area contributed by atoms with Crippen LogP contribution < -0.4 is 5.32 Å². The van der Waals surface area contributed by atoms with Crippen molar-refractivity contribution in [2.24, 2.45) is 5.92 Å². The molecule has 0 unspecified atom stereocenters. The molecule has 0 radical (unpaired) electrons. The summed E-state index contributed by atoms with van der Waals surface area (Å²) in [5.41, 5.74) is 0.763. The van der Waals surface area contributed by atoms with E-state index in [0.29, 0.717) is 24.3 Å². The van der Waals surface area contributed by atoms with Crippen LogP contribution >= 0.6 is 11.8 Å². The number of thioether (sulfide) groups is 1.